The van der Waals surface area contributed by atoms with E-state index in [1.54, 1.807) is 6.07 Å². The number of anilines is 1. The number of likely N-dealkylation sites (tertiary alicyclic amines) is 1. The monoisotopic (exact) mass is 456 g/mol. The minimum Gasteiger partial charge on any atom is -0.368 e. The van der Waals surface area contributed by atoms with Crippen molar-refractivity contribution in [3.05, 3.63) is 28.2 Å². The number of halogens is 3. The number of carbonyl (C=O) groups excluding carboxylic acids is 1. The number of urea groups is 1. The van der Waals surface area contributed by atoms with Crippen LogP contribution in [-0.2, 0) is 0 Å². The Hall–Kier alpha value is -1.24. The molecule has 1 aliphatic carbocycles. The van der Waals surface area contributed by atoms with Crippen LogP contribution in [-0.4, -0.2) is 73.4 Å². The lowest BCUT2D eigenvalue weighted by molar-refractivity contribution is 0.0668. The Bertz CT molecular complexity index is 745. The van der Waals surface area contributed by atoms with Crippen LogP contribution in [0.5, 0.6) is 0 Å². The van der Waals surface area contributed by atoms with Gasteiger partial charge in [0, 0.05) is 51.9 Å². The summed E-state index contributed by atoms with van der Waals surface area (Å²) in [6.45, 7) is 6.00. The van der Waals surface area contributed by atoms with E-state index in [-0.39, 0.29) is 12.1 Å². The van der Waals surface area contributed by atoms with Crippen molar-refractivity contribution in [3.63, 3.8) is 0 Å². The van der Waals surface area contributed by atoms with Crippen LogP contribution in [0.4, 0.5) is 14.9 Å². The fraction of sp³-hybridized carbons (Fsp3) is 0.682. The Morgan fingerprint density at radius 3 is 2.43 bits per heavy atom. The first-order chi connectivity index (χ1) is 14.4. The molecule has 166 valence electrons. The second-order valence-electron chi connectivity index (χ2n) is 8.87. The van der Waals surface area contributed by atoms with E-state index in [4.69, 9.17) is 23.2 Å². The summed E-state index contributed by atoms with van der Waals surface area (Å²) >= 11 is 12.5. The van der Waals surface area contributed by atoms with Gasteiger partial charge in [-0.3, -0.25) is 4.90 Å². The summed E-state index contributed by atoms with van der Waals surface area (Å²) in [4.78, 5) is 18.5. The summed E-state index contributed by atoms with van der Waals surface area (Å²) in [5.41, 5.74) is -0.129. The Morgan fingerprint density at radius 1 is 1.10 bits per heavy atom. The third-order valence-corrected chi connectivity index (χ3v) is 7.68. The van der Waals surface area contributed by atoms with Gasteiger partial charge in [-0.05, 0) is 50.7 Å². The molecule has 3 fully saturated rings. The molecule has 3 aliphatic rings. The number of benzene rings is 1. The van der Waals surface area contributed by atoms with Crippen LogP contribution in [0.2, 0.25) is 10.0 Å². The van der Waals surface area contributed by atoms with Gasteiger partial charge in [-0.15, -0.1) is 0 Å². The maximum absolute atomic E-state index is 15.3. The first-order valence-corrected chi connectivity index (χ1v) is 11.8. The second-order valence-corrected chi connectivity index (χ2v) is 9.65. The molecule has 1 aromatic rings. The molecule has 0 radical (unpaired) electrons. The standard InChI is InChI=1S/C22H31Cl2FN4O/c23-18-3-1-4-19(20(18)24)28-15-13-27(14-16-28)12-9-22(25)7-5-17(6-8-22)26-21(30)29-10-2-11-29/h1,3-4,17H,2,5-16H2,(H,26,30). The predicted molar refractivity (Wildman–Crippen MR) is 121 cm³/mol. The van der Waals surface area contributed by atoms with Crippen molar-refractivity contribution in [2.24, 2.45) is 0 Å². The zero-order chi connectivity index (χ0) is 21.1. The van der Waals surface area contributed by atoms with E-state index in [0.29, 0.717) is 29.3 Å². The molecule has 30 heavy (non-hydrogen) atoms. The average molecular weight is 457 g/mol. The van der Waals surface area contributed by atoms with Gasteiger partial charge in [0.15, 0.2) is 0 Å². The first-order valence-electron chi connectivity index (χ1n) is 11.1. The van der Waals surface area contributed by atoms with Gasteiger partial charge < -0.3 is 15.1 Å². The van der Waals surface area contributed by atoms with E-state index >= 15 is 4.39 Å². The molecular formula is C22H31Cl2FN4O. The highest BCUT2D eigenvalue weighted by atomic mass is 35.5. The van der Waals surface area contributed by atoms with E-state index in [1.165, 1.54) is 0 Å². The number of hydrogen-bond donors (Lipinski definition) is 1. The molecule has 8 heteroatoms. The number of hydrogen-bond acceptors (Lipinski definition) is 3. The molecule has 2 saturated heterocycles. The zero-order valence-corrected chi connectivity index (χ0v) is 18.9. The summed E-state index contributed by atoms with van der Waals surface area (Å²) in [6.07, 6.45) is 4.20. The van der Waals surface area contributed by atoms with Crippen molar-refractivity contribution in [2.45, 2.75) is 50.2 Å². The molecule has 2 amide bonds. The van der Waals surface area contributed by atoms with Crippen molar-refractivity contribution < 1.29 is 9.18 Å². The molecule has 1 aromatic carbocycles. The van der Waals surface area contributed by atoms with Crippen LogP contribution < -0.4 is 10.2 Å². The van der Waals surface area contributed by atoms with Gasteiger partial charge in [-0.1, -0.05) is 29.3 Å². The quantitative estimate of drug-likeness (QED) is 0.704. The van der Waals surface area contributed by atoms with E-state index in [2.05, 4.69) is 15.1 Å². The van der Waals surface area contributed by atoms with Crippen molar-refractivity contribution in [3.8, 4) is 0 Å². The molecule has 0 atom stereocenters. The van der Waals surface area contributed by atoms with E-state index in [1.807, 2.05) is 17.0 Å². The summed E-state index contributed by atoms with van der Waals surface area (Å²) in [7, 11) is 0. The number of nitrogens with one attached hydrogen (secondary N) is 1. The Morgan fingerprint density at radius 2 is 1.80 bits per heavy atom. The van der Waals surface area contributed by atoms with Crippen LogP contribution in [0.1, 0.15) is 38.5 Å². The molecule has 4 rings (SSSR count). The topological polar surface area (TPSA) is 38.8 Å². The second kappa shape index (κ2) is 9.49. The summed E-state index contributed by atoms with van der Waals surface area (Å²) in [5, 5.41) is 4.26. The SMILES string of the molecule is O=C(NC1CCC(F)(CCN2CCN(c3cccc(Cl)c3Cl)CC2)CC1)N1CCC1. The molecule has 1 saturated carbocycles. The normalized spacial score (nSPS) is 27.6. The van der Waals surface area contributed by atoms with Gasteiger partial charge in [-0.25, -0.2) is 9.18 Å². The third-order valence-electron chi connectivity index (χ3n) is 6.87. The number of carbonyl (C=O) groups is 1. The van der Waals surface area contributed by atoms with Gasteiger partial charge in [-0.2, -0.15) is 0 Å². The largest absolute Gasteiger partial charge is 0.368 e. The van der Waals surface area contributed by atoms with Crippen LogP contribution in [0.3, 0.4) is 0 Å². The molecule has 0 spiro atoms. The fourth-order valence-electron chi connectivity index (χ4n) is 4.62. The maximum atomic E-state index is 15.3. The highest BCUT2D eigenvalue weighted by Crippen LogP contribution is 2.36. The molecule has 5 nitrogen and oxygen atoms in total. The van der Waals surface area contributed by atoms with Crippen LogP contribution >= 0.6 is 23.2 Å². The zero-order valence-electron chi connectivity index (χ0n) is 17.4. The fourth-order valence-corrected chi connectivity index (χ4v) is 5.04. The predicted octanol–water partition coefficient (Wildman–Crippen LogP) is 4.57. The van der Waals surface area contributed by atoms with E-state index in [9.17, 15) is 4.79 Å². The number of amides is 2. The molecule has 0 aromatic heterocycles. The van der Waals surface area contributed by atoms with Crippen molar-refractivity contribution in [1.82, 2.24) is 15.1 Å². The van der Waals surface area contributed by atoms with Gasteiger partial charge in [0.1, 0.15) is 5.67 Å². The minimum atomic E-state index is -1.11. The molecule has 2 aliphatic heterocycles. The van der Waals surface area contributed by atoms with E-state index < -0.39 is 5.67 Å². The Kier molecular flexibility index (Phi) is 6.95. The van der Waals surface area contributed by atoms with Crippen LogP contribution in [0.15, 0.2) is 18.2 Å². The highest BCUT2D eigenvalue weighted by Gasteiger charge is 2.36. The number of piperazine rings is 1. The Balaban J connectivity index is 1.18. The third kappa shape index (κ3) is 5.14. The summed E-state index contributed by atoms with van der Waals surface area (Å²) < 4.78 is 15.3. The van der Waals surface area contributed by atoms with E-state index in [0.717, 1.165) is 70.8 Å². The number of alkyl halides is 1. The molecule has 2 heterocycles. The van der Waals surface area contributed by atoms with Gasteiger partial charge >= 0.3 is 6.03 Å². The summed E-state index contributed by atoms with van der Waals surface area (Å²) in [5.74, 6) is 0. The number of nitrogens with zero attached hydrogens (tertiary/aromatic N) is 3. The van der Waals surface area contributed by atoms with Crippen molar-refractivity contribution in [1.29, 1.82) is 0 Å². The Labute approximate surface area is 188 Å². The maximum Gasteiger partial charge on any atom is 0.317 e. The smallest absolute Gasteiger partial charge is 0.317 e. The summed E-state index contributed by atoms with van der Waals surface area (Å²) in [6, 6.07) is 5.86. The molecule has 0 bridgehead atoms. The lowest BCUT2D eigenvalue weighted by Crippen LogP contribution is -2.52. The average Bonchev–Trinajstić information content (AvgIpc) is 2.70. The minimum absolute atomic E-state index is 0.0234. The molecular weight excluding hydrogens is 426 g/mol. The molecule has 0 unspecified atom stereocenters. The van der Waals surface area contributed by atoms with Crippen LogP contribution in [0.25, 0.3) is 0 Å². The van der Waals surface area contributed by atoms with Gasteiger partial charge in [0.25, 0.3) is 0 Å². The lowest BCUT2D eigenvalue weighted by atomic mass is 9.81. The van der Waals surface area contributed by atoms with Crippen molar-refractivity contribution >= 4 is 34.9 Å². The van der Waals surface area contributed by atoms with Crippen molar-refractivity contribution in [2.75, 3.05) is 50.7 Å². The molecule has 1 N–H and O–H groups in total. The number of rotatable bonds is 5. The van der Waals surface area contributed by atoms with Gasteiger partial charge in [0.05, 0.1) is 15.7 Å². The lowest BCUT2D eigenvalue weighted by Gasteiger charge is -2.40. The van der Waals surface area contributed by atoms with Crippen LogP contribution in [0, 0.1) is 0 Å². The van der Waals surface area contributed by atoms with Gasteiger partial charge in [0.2, 0.25) is 0 Å². The first kappa shape index (κ1) is 22.0. The highest BCUT2D eigenvalue weighted by molar-refractivity contribution is 6.43.